The monoisotopic (exact) mass is 400 g/mol. The Morgan fingerprint density at radius 1 is 1.07 bits per heavy atom. The lowest BCUT2D eigenvalue weighted by molar-refractivity contribution is 0.171. The standard InChI is InChI=1S/C24H24N4O2/c1-27-21-9-6-18(15-25)26-24(21)22(14-23(27)29)28-12-10-20(11-13-28)30-19-7-4-17(5-8-19)16-2-3-16/h4-9,14,16,20H,2-3,10-13H2,1H3. The molecule has 0 N–H and O–H groups in total. The average molecular weight is 400 g/mol. The lowest BCUT2D eigenvalue weighted by atomic mass is 10.1. The molecule has 1 aromatic carbocycles. The summed E-state index contributed by atoms with van der Waals surface area (Å²) in [7, 11) is 1.73. The van der Waals surface area contributed by atoms with Crippen LogP contribution in [0.5, 0.6) is 5.75 Å². The maximum Gasteiger partial charge on any atom is 0.252 e. The largest absolute Gasteiger partial charge is 0.490 e. The Kier molecular flexibility index (Phi) is 4.66. The summed E-state index contributed by atoms with van der Waals surface area (Å²) in [6.07, 6.45) is 4.52. The molecule has 6 nitrogen and oxygen atoms in total. The number of aromatic nitrogens is 2. The Bertz CT molecular complexity index is 1180. The molecule has 0 bridgehead atoms. The van der Waals surface area contributed by atoms with Crippen molar-refractivity contribution in [1.29, 1.82) is 5.26 Å². The molecule has 1 aliphatic heterocycles. The number of hydrogen-bond acceptors (Lipinski definition) is 5. The van der Waals surface area contributed by atoms with Crippen LogP contribution in [0, 0.1) is 11.3 Å². The Morgan fingerprint density at radius 2 is 1.80 bits per heavy atom. The van der Waals surface area contributed by atoms with Gasteiger partial charge in [-0.15, -0.1) is 0 Å². The van der Waals surface area contributed by atoms with Gasteiger partial charge in [0.2, 0.25) is 0 Å². The molecule has 0 atom stereocenters. The van der Waals surface area contributed by atoms with Gasteiger partial charge >= 0.3 is 0 Å². The number of piperidine rings is 1. The SMILES string of the molecule is Cn1c(=O)cc(N2CCC(Oc3ccc(C4CC4)cc3)CC2)c2nc(C#N)ccc21. The molecule has 0 amide bonds. The van der Waals surface area contributed by atoms with Gasteiger partial charge in [-0.1, -0.05) is 12.1 Å². The summed E-state index contributed by atoms with van der Waals surface area (Å²) >= 11 is 0. The highest BCUT2D eigenvalue weighted by Crippen LogP contribution is 2.40. The highest BCUT2D eigenvalue weighted by Gasteiger charge is 2.25. The highest BCUT2D eigenvalue weighted by atomic mass is 16.5. The smallest absolute Gasteiger partial charge is 0.252 e. The van der Waals surface area contributed by atoms with Crippen LogP contribution in [0.1, 0.15) is 42.9 Å². The zero-order valence-corrected chi connectivity index (χ0v) is 17.0. The minimum absolute atomic E-state index is 0.0712. The van der Waals surface area contributed by atoms with Crippen LogP contribution in [-0.4, -0.2) is 28.7 Å². The molecule has 0 radical (unpaired) electrons. The number of fused-ring (bicyclic) bond motifs is 1. The molecule has 3 heterocycles. The Balaban J connectivity index is 1.32. The van der Waals surface area contributed by atoms with E-state index in [1.54, 1.807) is 29.8 Å². The van der Waals surface area contributed by atoms with E-state index in [-0.39, 0.29) is 11.7 Å². The van der Waals surface area contributed by atoms with E-state index in [2.05, 4.69) is 40.2 Å². The van der Waals surface area contributed by atoms with Crippen molar-refractivity contribution in [3.05, 3.63) is 64.1 Å². The van der Waals surface area contributed by atoms with E-state index in [0.29, 0.717) is 11.2 Å². The van der Waals surface area contributed by atoms with Gasteiger partial charge in [0.25, 0.3) is 5.56 Å². The van der Waals surface area contributed by atoms with Crippen LogP contribution in [0.2, 0.25) is 0 Å². The number of ether oxygens (including phenoxy) is 1. The molecule has 1 saturated heterocycles. The number of nitrogens with zero attached hydrogens (tertiary/aromatic N) is 4. The highest BCUT2D eigenvalue weighted by molar-refractivity contribution is 5.88. The second-order valence-electron chi connectivity index (χ2n) is 8.25. The summed E-state index contributed by atoms with van der Waals surface area (Å²) in [6.45, 7) is 1.57. The van der Waals surface area contributed by atoms with Crippen LogP contribution in [0.25, 0.3) is 11.0 Å². The third-order valence-corrected chi connectivity index (χ3v) is 6.20. The van der Waals surface area contributed by atoms with Crippen LogP contribution < -0.4 is 15.2 Å². The van der Waals surface area contributed by atoms with Gasteiger partial charge in [-0.3, -0.25) is 4.79 Å². The molecular formula is C24H24N4O2. The molecule has 152 valence electrons. The summed E-state index contributed by atoms with van der Waals surface area (Å²) in [5, 5.41) is 9.24. The Labute approximate surface area is 175 Å². The molecule has 3 aromatic rings. The molecule has 2 fully saturated rings. The van der Waals surface area contributed by atoms with Crippen molar-refractivity contribution >= 4 is 16.7 Å². The minimum Gasteiger partial charge on any atom is -0.490 e. The van der Waals surface area contributed by atoms with Crippen molar-refractivity contribution in [2.24, 2.45) is 7.05 Å². The van der Waals surface area contributed by atoms with Gasteiger partial charge in [-0.2, -0.15) is 5.26 Å². The zero-order chi connectivity index (χ0) is 20.7. The van der Waals surface area contributed by atoms with Crippen molar-refractivity contribution in [3.8, 4) is 11.8 Å². The fraction of sp³-hybridized carbons (Fsp3) is 0.375. The molecule has 2 aliphatic rings. The first kappa shape index (κ1) is 18.7. The number of pyridine rings is 2. The van der Waals surface area contributed by atoms with E-state index in [9.17, 15) is 10.1 Å². The second-order valence-corrected chi connectivity index (χ2v) is 8.25. The van der Waals surface area contributed by atoms with Crippen molar-refractivity contribution < 1.29 is 4.74 Å². The number of anilines is 1. The molecule has 1 aliphatic carbocycles. The van der Waals surface area contributed by atoms with Gasteiger partial charge in [0.05, 0.1) is 11.2 Å². The molecule has 0 unspecified atom stereocenters. The lowest BCUT2D eigenvalue weighted by Crippen LogP contribution is -2.39. The van der Waals surface area contributed by atoms with Gasteiger partial charge in [-0.05, 0) is 48.6 Å². The number of nitriles is 1. The molecule has 2 aromatic heterocycles. The topological polar surface area (TPSA) is 71.2 Å². The van der Waals surface area contributed by atoms with E-state index in [1.807, 2.05) is 0 Å². The normalized spacial score (nSPS) is 17.1. The minimum atomic E-state index is -0.0712. The first-order valence-corrected chi connectivity index (χ1v) is 10.5. The van der Waals surface area contributed by atoms with Crippen molar-refractivity contribution in [1.82, 2.24) is 9.55 Å². The van der Waals surface area contributed by atoms with Crippen LogP contribution in [0.15, 0.2) is 47.3 Å². The van der Waals surface area contributed by atoms with E-state index >= 15 is 0 Å². The Hall–Kier alpha value is -3.33. The maximum atomic E-state index is 12.5. The van der Waals surface area contributed by atoms with Crippen LogP contribution in [0.3, 0.4) is 0 Å². The van der Waals surface area contributed by atoms with Gasteiger partial charge in [0, 0.05) is 39.0 Å². The first-order valence-electron chi connectivity index (χ1n) is 10.5. The van der Waals surface area contributed by atoms with E-state index < -0.39 is 0 Å². The van der Waals surface area contributed by atoms with E-state index in [1.165, 1.54) is 18.4 Å². The maximum absolute atomic E-state index is 12.5. The number of rotatable bonds is 4. The molecular weight excluding hydrogens is 376 g/mol. The summed E-state index contributed by atoms with van der Waals surface area (Å²) in [5.41, 5.74) is 3.95. The summed E-state index contributed by atoms with van der Waals surface area (Å²) in [6, 6.07) is 15.7. The first-order chi connectivity index (χ1) is 14.6. The van der Waals surface area contributed by atoms with Crippen LogP contribution in [-0.2, 0) is 7.05 Å². The fourth-order valence-corrected chi connectivity index (χ4v) is 4.26. The number of hydrogen-bond donors (Lipinski definition) is 0. The third-order valence-electron chi connectivity index (χ3n) is 6.20. The average Bonchev–Trinajstić information content (AvgIpc) is 3.62. The van der Waals surface area contributed by atoms with Gasteiger partial charge in [0.15, 0.2) is 0 Å². The summed E-state index contributed by atoms with van der Waals surface area (Å²) in [4.78, 5) is 19.1. The fourth-order valence-electron chi connectivity index (χ4n) is 4.26. The van der Waals surface area contributed by atoms with Crippen LogP contribution >= 0.6 is 0 Å². The molecule has 6 heteroatoms. The summed E-state index contributed by atoms with van der Waals surface area (Å²) < 4.78 is 7.79. The van der Waals surface area contributed by atoms with Crippen molar-refractivity contribution in [2.45, 2.75) is 37.7 Å². The molecule has 5 rings (SSSR count). The number of benzene rings is 1. The van der Waals surface area contributed by atoms with E-state index in [0.717, 1.165) is 48.8 Å². The Morgan fingerprint density at radius 3 is 2.47 bits per heavy atom. The molecule has 1 saturated carbocycles. The predicted molar refractivity (Wildman–Crippen MR) is 116 cm³/mol. The van der Waals surface area contributed by atoms with Crippen LogP contribution in [0.4, 0.5) is 5.69 Å². The zero-order valence-electron chi connectivity index (χ0n) is 17.0. The summed E-state index contributed by atoms with van der Waals surface area (Å²) in [5.74, 6) is 1.68. The van der Waals surface area contributed by atoms with Gasteiger partial charge in [-0.25, -0.2) is 4.98 Å². The lowest BCUT2D eigenvalue weighted by Gasteiger charge is -2.34. The van der Waals surface area contributed by atoms with Gasteiger partial charge < -0.3 is 14.2 Å². The van der Waals surface area contributed by atoms with E-state index in [4.69, 9.17) is 4.74 Å². The van der Waals surface area contributed by atoms with Crippen molar-refractivity contribution in [2.75, 3.05) is 18.0 Å². The van der Waals surface area contributed by atoms with Gasteiger partial charge in [0.1, 0.15) is 29.1 Å². The third kappa shape index (κ3) is 3.52. The predicted octanol–water partition coefficient (Wildman–Crippen LogP) is 3.73. The van der Waals surface area contributed by atoms with Crippen molar-refractivity contribution in [3.63, 3.8) is 0 Å². The quantitative estimate of drug-likeness (QED) is 0.667. The number of aryl methyl sites for hydroxylation is 1. The molecule has 30 heavy (non-hydrogen) atoms. The second kappa shape index (κ2) is 7.49. The molecule has 0 spiro atoms.